The molecule has 0 fully saturated rings. The van der Waals surface area contributed by atoms with Gasteiger partial charge in [0.1, 0.15) is 5.75 Å². The van der Waals surface area contributed by atoms with Crippen LogP contribution >= 0.6 is 15.9 Å². The van der Waals surface area contributed by atoms with Crippen molar-refractivity contribution in [3.63, 3.8) is 0 Å². The molecule has 2 aromatic rings. The molecular formula is C17H11BrF3NO2. The van der Waals surface area contributed by atoms with Crippen molar-refractivity contribution < 1.29 is 22.7 Å². The fourth-order valence-electron chi connectivity index (χ4n) is 2.62. The Kier molecular flexibility index (Phi) is 4.21. The van der Waals surface area contributed by atoms with Crippen LogP contribution < -0.4 is 4.74 Å². The molecule has 0 radical (unpaired) electrons. The lowest BCUT2D eigenvalue weighted by Gasteiger charge is -2.09. The molecule has 0 atom stereocenters. The van der Waals surface area contributed by atoms with Gasteiger partial charge in [-0.2, -0.15) is 13.2 Å². The van der Waals surface area contributed by atoms with E-state index in [4.69, 9.17) is 4.74 Å². The number of fused-ring (bicyclic) bond motifs is 1. The van der Waals surface area contributed by atoms with Crippen LogP contribution in [-0.4, -0.2) is 17.9 Å². The molecule has 1 aromatic carbocycles. The molecule has 0 saturated heterocycles. The maximum atomic E-state index is 13.1. The Balaban J connectivity index is 2.04. The molecule has 0 saturated carbocycles. The minimum absolute atomic E-state index is 0.255. The Morgan fingerprint density at radius 2 is 2.08 bits per heavy atom. The van der Waals surface area contributed by atoms with Gasteiger partial charge < -0.3 is 4.74 Å². The van der Waals surface area contributed by atoms with E-state index < -0.39 is 11.7 Å². The smallest absolute Gasteiger partial charge is 0.418 e. The average Bonchev–Trinajstić information content (AvgIpc) is 2.81. The van der Waals surface area contributed by atoms with Gasteiger partial charge in [0.05, 0.1) is 22.8 Å². The number of carbonyl (C=O) groups is 1. The first-order valence-electron chi connectivity index (χ1n) is 6.95. The van der Waals surface area contributed by atoms with E-state index >= 15 is 0 Å². The Labute approximate surface area is 144 Å². The number of aromatic nitrogens is 1. The number of alkyl halides is 3. The van der Waals surface area contributed by atoms with Crippen LogP contribution in [0.2, 0.25) is 0 Å². The summed E-state index contributed by atoms with van der Waals surface area (Å²) in [5.74, 6) is 0.187. The van der Waals surface area contributed by atoms with Crippen molar-refractivity contribution in [3.05, 3.63) is 62.9 Å². The van der Waals surface area contributed by atoms with Gasteiger partial charge in [-0.3, -0.25) is 9.78 Å². The quantitative estimate of drug-likeness (QED) is 0.689. The van der Waals surface area contributed by atoms with Crippen molar-refractivity contribution in [2.75, 3.05) is 7.11 Å². The van der Waals surface area contributed by atoms with Gasteiger partial charge in [0.2, 0.25) is 0 Å². The Hall–Kier alpha value is -2.15. The largest absolute Gasteiger partial charge is 0.496 e. The zero-order valence-electron chi connectivity index (χ0n) is 12.4. The highest BCUT2D eigenvalue weighted by molar-refractivity contribution is 9.10. The number of hydrogen-bond donors (Lipinski definition) is 0. The van der Waals surface area contributed by atoms with Crippen molar-refractivity contribution in [1.29, 1.82) is 0 Å². The van der Waals surface area contributed by atoms with E-state index in [0.717, 1.165) is 11.6 Å². The third-order valence-electron chi connectivity index (χ3n) is 3.75. The third-order valence-corrected chi connectivity index (χ3v) is 4.37. The van der Waals surface area contributed by atoms with Crippen LogP contribution in [0.1, 0.15) is 27.2 Å². The van der Waals surface area contributed by atoms with Crippen molar-refractivity contribution in [3.8, 4) is 5.75 Å². The van der Waals surface area contributed by atoms with E-state index in [1.54, 1.807) is 12.1 Å². The highest BCUT2D eigenvalue weighted by Crippen LogP contribution is 2.37. The molecule has 1 aliphatic rings. The zero-order chi connectivity index (χ0) is 17.5. The van der Waals surface area contributed by atoms with Gasteiger partial charge in [-0.15, -0.1) is 0 Å². The number of Topliss-reactive ketones (excluding diaryl/α,β-unsaturated/α-hetero) is 1. The topological polar surface area (TPSA) is 39.2 Å². The molecule has 24 heavy (non-hydrogen) atoms. The first-order valence-corrected chi connectivity index (χ1v) is 7.74. The Morgan fingerprint density at radius 3 is 2.75 bits per heavy atom. The van der Waals surface area contributed by atoms with Crippen LogP contribution in [-0.2, 0) is 12.6 Å². The van der Waals surface area contributed by atoms with E-state index in [9.17, 15) is 18.0 Å². The van der Waals surface area contributed by atoms with Crippen LogP contribution in [0, 0.1) is 0 Å². The van der Waals surface area contributed by atoms with E-state index in [1.807, 2.05) is 0 Å². The van der Waals surface area contributed by atoms with Gasteiger partial charge in [-0.25, -0.2) is 0 Å². The SMILES string of the molecule is COc1cc2c(cc1Br)C/C(=C\c1ncccc1C(F)(F)F)C2=O. The summed E-state index contributed by atoms with van der Waals surface area (Å²) in [4.78, 5) is 16.3. The molecule has 0 aliphatic heterocycles. The lowest BCUT2D eigenvalue weighted by Crippen LogP contribution is -2.09. The zero-order valence-corrected chi connectivity index (χ0v) is 14.0. The lowest BCUT2D eigenvalue weighted by molar-refractivity contribution is -0.138. The maximum Gasteiger partial charge on any atom is 0.418 e. The van der Waals surface area contributed by atoms with Crippen molar-refractivity contribution >= 4 is 27.8 Å². The summed E-state index contributed by atoms with van der Waals surface area (Å²) >= 11 is 3.34. The summed E-state index contributed by atoms with van der Waals surface area (Å²) < 4.78 is 45.0. The number of ether oxygens (including phenoxy) is 1. The summed E-state index contributed by atoms with van der Waals surface area (Å²) in [7, 11) is 1.48. The van der Waals surface area contributed by atoms with Crippen molar-refractivity contribution in [2.45, 2.75) is 12.6 Å². The summed E-state index contributed by atoms with van der Waals surface area (Å²) in [5, 5.41) is 0. The number of allylic oxidation sites excluding steroid dienone is 1. The van der Waals surface area contributed by atoms with Gasteiger partial charge in [-0.1, -0.05) is 0 Å². The summed E-state index contributed by atoms with van der Waals surface area (Å²) in [6.45, 7) is 0. The standard InChI is InChI=1S/C17H11BrF3NO2/c1-24-15-8-11-9(6-13(15)18)5-10(16(11)23)7-14-12(17(19,20)21)3-2-4-22-14/h2-4,6-8H,5H2,1H3/b10-7+. The van der Waals surface area contributed by atoms with E-state index in [0.29, 0.717) is 15.8 Å². The van der Waals surface area contributed by atoms with Crippen LogP contribution in [0.15, 0.2) is 40.5 Å². The first-order chi connectivity index (χ1) is 11.3. The Morgan fingerprint density at radius 1 is 1.33 bits per heavy atom. The van der Waals surface area contributed by atoms with E-state index in [-0.39, 0.29) is 23.5 Å². The highest BCUT2D eigenvalue weighted by Gasteiger charge is 2.34. The third kappa shape index (κ3) is 2.96. The molecule has 3 nitrogen and oxygen atoms in total. The van der Waals surface area contributed by atoms with Gasteiger partial charge in [0.15, 0.2) is 5.78 Å². The molecule has 0 bridgehead atoms. The second kappa shape index (κ2) is 6.05. The fourth-order valence-corrected chi connectivity index (χ4v) is 3.17. The lowest BCUT2D eigenvalue weighted by atomic mass is 10.1. The van der Waals surface area contributed by atoms with Crippen LogP contribution in [0.3, 0.4) is 0 Å². The minimum Gasteiger partial charge on any atom is -0.496 e. The number of nitrogens with zero attached hydrogens (tertiary/aromatic N) is 1. The van der Waals surface area contributed by atoms with Crippen molar-refractivity contribution in [2.24, 2.45) is 0 Å². The molecule has 1 aliphatic carbocycles. The van der Waals surface area contributed by atoms with Crippen LogP contribution in [0.5, 0.6) is 5.75 Å². The monoisotopic (exact) mass is 397 g/mol. The average molecular weight is 398 g/mol. The first kappa shape index (κ1) is 16.7. The number of pyridine rings is 1. The number of methoxy groups -OCH3 is 1. The van der Waals surface area contributed by atoms with Crippen LogP contribution in [0.25, 0.3) is 6.08 Å². The minimum atomic E-state index is -4.53. The number of halogens is 4. The maximum absolute atomic E-state index is 13.1. The van der Waals surface area contributed by atoms with Gasteiger partial charge in [0, 0.05) is 23.8 Å². The fraction of sp³-hybridized carbons (Fsp3) is 0.176. The second-order valence-corrected chi connectivity index (χ2v) is 6.11. The van der Waals surface area contributed by atoms with E-state index in [1.165, 1.54) is 25.4 Å². The normalized spacial score (nSPS) is 15.7. The van der Waals surface area contributed by atoms with Gasteiger partial charge in [0.25, 0.3) is 0 Å². The predicted molar refractivity (Wildman–Crippen MR) is 85.9 cm³/mol. The highest BCUT2D eigenvalue weighted by atomic mass is 79.9. The number of rotatable bonds is 2. The van der Waals surface area contributed by atoms with Crippen LogP contribution in [0.4, 0.5) is 13.2 Å². The molecule has 0 spiro atoms. The van der Waals surface area contributed by atoms with Gasteiger partial charge >= 0.3 is 6.18 Å². The molecule has 0 amide bonds. The summed E-state index contributed by atoms with van der Waals surface area (Å²) in [6, 6.07) is 5.51. The molecule has 1 heterocycles. The summed E-state index contributed by atoms with van der Waals surface area (Å²) in [5.41, 5.74) is 0.329. The number of benzene rings is 1. The predicted octanol–water partition coefficient (Wildman–Crippen LogP) is 4.69. The molecule has 0 N–H and O–H groups in total. The molecule has 7 heteroatoms. The molecule has 1 aromatic heterocycles. The summed E-state index contributed by atoms with van der Waals surface area (Å²) in [6.07, 6.45) is -1.79. The molecular weight excluding hydrogens is 387 g/mol. The molecule has 124 valence electrons. The molecule has 3 rings (SSSR count). The van der Waals surface area contributed by atoms with E-state index in [2.05, 4.69) is 20.9 Å². The van der Waals surface area contributed by atoms with Gasteiger partial charge in [-0.05, 0) is 51.8 Å². The Bertz CT molecular complexity index is 859. The number of ketones is 1. The molecule has 0 unspecified atom stereocenters. The van der Waals surface area contributed by atoms with Crippen molar-refractivity contribution in [1.82, 2.24) is 4.98 Å². The number of hydrogen-bond acceptors (Lipinski definition) is 3. The second-order valence-electron chi connectivity index (χ2n) is 5.25. The number of carbonyl (C=O) groups excluding carboxylic acids is 1.